The molecule has 0 saturated heterocycles. The number of ether oxygens (including phenoxy) is 2. The summed E-state index contributed by atoms with van der Waals surface area (Å²) in [6, 6.07) is 4.82. The molecule has 2 heterocycles. The number of urea groups is 1. The molecule has 1 unspecified atom stereocenters. The number of alkyl halides is 2. The number of nitrogens with one attached hydrogen (secondary N) is 1. The second kappa shape index (κ2) is 6.04. The third-order valence-electron chi connectivity index (χ3n) is 4.63. The summed E-state index contributed by atoms with van der Waals surface area (Å²) in [4.78, 5) is 14.0. The number of halogens is 4. The van der Waals surface area contributed by atoms with Crippen molar-refractivity contribution < 1.29 is 31.8 Å². The number of amides is 2. The minimum absolute atomic E-state index is 0.135. The molecule has 27 heavy (non-hydrogen) atoms. The van der Waals surface area contributed by atoms with Crippen LogP contribution in [0, 0.1) is 11.6 Å². The Kier molecular flexibility index (Phi) is 3.90. The van der Waals surface area contributed by atoms with Gasteiger partial charge in [0.1, 0.15) is 11.6 Å². The van der Waals surface area contributed by atoms with Crippen LogP contribution in [0.15, 0.2) is 30.3 Å². The van der Waals surface area contributed by atoms with Gasteiger partial charge >= 0.3 is 12.3 Å². The van der Waals surface area contributed by atoms with E-state index in [-0.39, 0.29) is 30.2 Å². The molecular formula is C18H14F4N2O3. The minimum Gasteiger partial charge on any atom is -0.395 e. The maximum Gasteiger partial charge on any atom is 0.586 e. The largest absolute Gasteiger partial charge is 0.586 e. The Labute approximate surface area is 151 Å². The summed E-state index contributed by atoms with van der Waals surface area (Å²) in [5, 5.41) is 2.58. The van der Waals surface area contributed by atoms with Crippen molar-refractivity contribution in [3.8, 4) is 11.5 Å². The average Bonchev–Trinajstić information content (AvgIpc) is 2.88. The highest BCUT2D eigenvalue weighted by atomic mass is 19.3. The number of carbonyl (C=O) groups excluding carboxylic acids is 1. The van der Waals surface area contributed by atoms with Crippen LogP contribution in [0.4, 0.5) is 28.0 Å². The van der Waals surface area contributed by atoms with Crippen LogP contribution < -0.4 is 14.8 Å². The molecule has 5 nitrogen and oxygen atoms in total. The number of rotatable bonds is 1. The Morgan fingerprint density at radius 3 is 2.70 bits per heavy atom. The molecular weight excluding hydrogens is 368 g/mol. The number of hydrogen-bond donors (Lipinski definition) is 1. The second-order valence-electron chi connectivity index (χ2n) is 6.33. The van der Waals surface area contributed by atoms with Gasteiger partial charge in [-0.3, -0.25) is 0 Å². The van der Waals surface area contributed by atoms with Gasteiger partial charge in [-0.1, -0.05) is 0 Å². The number of anilines is 1. The SMILES string of the molecule is CC1c2cc(F)cc(F)c2CCN1C(=O)Nc1ccc2c(c1)OC(F)(F)O2. The molecule has 0 aromatic heterocycles. The van der Waals surface area contributed by atoms with Gasteiger partial charge in [-0.05, 0) is 42.7 Å². The lowest BCUT2D eigenvalue weighted by Gasteiger charge is -2.35. The Balaban J connectivity index is 1.53. The normalized spacial score (nSPS) is 19.6. The Morgan fingerprint density at radius 1 is 1.19 bits per heavy atom. The lowest BCUT2D eigenvalue weighted by atomic mass is 9.93. The molecule has 2 aromatic carbocycles. The molecule has 9 heteroatoms. The van der Waals surface area contributed by atoms with Crippen LogP contribution in [0.5, 0.6) is 11.5 Å². The van der Waals surface area contributed by atoms with Crippen molar-refractivity contribution in [3.63, 3.8) is 0 Å². The first kappa shape index (κ1) is 17.4. The van der Waals surface area contributed by atoms with E-state index >= 15 is 0 Å². The average molecular weight is 382 g/mol. The number of carbonyl (C=O) groups is 1. The molecule has 0 fully saturated rings. The molecule has 1 atom stereocenters. The summed E-state index contributed by atoms with van der Waals surface area (Å²) in [6.45, 7) is 1.89. The van der Waals surface area contributed by atoms with Gasteiger partial charge in [-0.2, -0.15) is 0 Å². The van der Waals surface area contributed by atoms with Crippen LogP contribution in [0.2, 0.25) is 0 Å². The fourth-order valence-corrected chi connectivity index (χ4v) is 3.35. The molecule has 142 valence electrons. The number of fused-ring (bicyclic) bond motifs is 2. The zero-order chi connectivity index (χ0) is 19.3. The maximum absolute atomic E-state index is 13.9. The van der Waals surface area contributed by atoms with E-state index in [0.717, 1.165) is 6.07 Å². The number of hydrogen-bond acceptors (Lipinski definition) is 3. The first-order valence-corrected chi connectivity index (χ1v) is 8.19. The summed E-state index contributed by atoms with van der Waals surface area (Å²) in [5.74, 6) is -1.67. The van der Waals surface area contributed by atoms with Gasteiger partial charge in [0, 0.05) is 24.4 Å². The lowest BCUT2D eigenvalue weighted by Crippen LogP contribution is -2.41. The maximum atomic E-state index is 13.9. The van der Waals surface area contributed by atoms with E-state index in [0.29, 0.717) is 11.1 Å². The molecule has 0 saturated carbocycles. The highest BCUT2D eigenvalue weighted by Gasteiger charge is 2.43. The van der Waals surface area contributed by atoms with Crippen LogP contribution in [-0.4, -0.2) is 23.8 Å². The smallest absolute Gasteiger partial charge is 0.395 e. The number of nitrogens with zero attached hydrogens (tertiary/aromatic N) is 1. The summed E-state index contributed by atoms with van der Waals surface area (Å²) >= 11 is 0. The molecule has 0 spiro atoms. The highest BCUT2D eigenvalue weighted by Crippen LogP contribution is 2.42. The van der Waals surface area contributed by atoms with Gasteiger partial charge in [-0.25, -0.2) is 13.6 Å². The molecule has 0 aliphatic carbocycles. The van der Waals surface area contributed by atoms with E-state index in [2.05, 4.69) is 14.8 Å². The van der Waals surface area contributed by atoms with E-state index in [4.69, 9.17) is 0 Å². The van der Waals surface area contributed by atoms with Gasteiger partial charge < -0.3 is 19.7 Å². The molecule has 0 bridgehead atoms. The first-order valence-electron chi connectivity index (χ1n) is 8.19. The van der Waals surface area contributed by atoms with Crippen molar-refractivity contribution in [2.45, 2.75) is 25.7 Å². The summed E-state index contributed by atoms with van der Waals surface area (Å²) in [6.07, 6.45) is -3.50. The lowest BCUT2D eigenvalue weighted by molar-refractivity contribution is -0.286. The third kappa shape index (κ3) is 3.13. The summed E-state index contributed by atoms with van der Waals surface area (Å²) in [5.41, 5.74) is 1.01. The Morgan fingerprint density at radius 2 is 1.93 bits per heavy atom. The number of benzene rings is 2. The zero-order valence-corrected chi connectivity index (χ0v) is 14.1. The Bertz CT molecular complexity index is 935. The van der Waals surface area contributed by atoms with Crippen molar-refractivity contribution >= 4 is 11.7 Å². The van der Waals surface area contributed by atoms with Crippen LogP contribution in [0.3, 0.4) is 0 Å². The highest BCUT2D eigenvalue weighted by molar-refractivity contribution is 5.90. The summed E-state index contributed by atoms with van der Waals surface area (Å²) < 4.78 is 62.3. The van der Waals surface area contributed by atoms with E-state index in [9.17, 15) is 22.4 Å². The molecule has 2 aliphatic rings. The zero-order valence-electron chi connectivity index (χ0n) is 14.1. The molecule has 4 rings (SSSR count). The second-order valence-corrected chi connectivity index (χ2v) is 6.33. The van der Waals surface area contributed by atoms with Crippen LogP contribution in [-0.2, 0) is 6.42 Å². The van der Waals surface area contributed by atoms with E-state index in [1.165, 1.54) is 29.2 Å². The van der Waals surface area contributed by atoms with Gasteiger partial charge in [0.2, 0.25) is 0 Å². The topological polar surface area (TPSA) is 50.8 Å². The molecule has 2 aromatic rings. The van der Waals surface area contributed by atoms with Gasteiger partial charge in [-0.15, -0.1) is 8.78 Å². The van der Waals surface area contributed by atoms with Gasteiger partial charge in [0.05, 0.1) is 6.04 Å². The van der Waals surface area contributed by atoms with Gasteiger partial charge in [0.15, 0.2) is 11.5 Å². The standard InChI is InChI=1S/C18H14F4N2O3/c1-9-13-6-10(19)7-14(20)12(13)4-5-24(9)17(25)23-11-2-3-15-16(8-11)27-18(21,22)26-15/h2-3,6-9H,4-5H2,1H3,(H,23,25). The monoisotopic (exact) mass is 382 g/mol. The van der Waals surface area contributed by atoms with E-state index in [1.807, 2.05) is 0 Å². The van der Waals surface area contributed by atoms with Crippen molar-refractivity contribution in [2.75, 3.05) is 11.9 Å². The fourth-order valence-electron chi connectivity index (χ4n) is 3.35. The van der Waals surface area contributed by atoms with Gasteiger partial charge in [0.25, 0.3) is 0 Å². The van der Waals surface area contributed by atoms with Crippen molar-refractivity contribution in [2.24, 2.45) is 0 Å². The predicted molar refractivity (Wildman–Crippen MR) is 86.8 cm³/mol. The quantitative estimate of drug-likeness (QED) is 0.742. The van der Waals surface area contributed by atoms with E-state index < -0.39 is 30.0 Å². The molecule has 2 amide bonds. The predicted octanol–water partition coefficient (Wildman–Crippen LogP) is 4.44. The third-order valence-corrected chi connectivity index (χ3v) is 4.63. The van der Waals surface area contributed by atoms with Crippen LogP contribution in [0.1, 0.15) is 24.1 Å². The first-order chi connectivity index (χ1) is 12.7. The van der Waals surface area contributed by atoms with Crippen molar-refractivity contribution in [1.29, 1.82) is 0 Å². The molecule has 2 aliphatic heterocycles. The minimum atomic E-state index is -3.75. The molecule has 1 N–H and O–H groups in total. The Hall–Kier alpha value is -2.97. The fraction of sp³-hybridized carbons (Fsp3) is 0.278. The van der Waals surface area contributed by atoms with E-state index in [1.54, 1.807) is 6.92 Å². The van der Waals surface area contributed by atoms with Crippen molar-refractivity contribution in [1.82, 2.24) is 4.90 Å². The van der Waals surface area contributed by atoms with Crippen LogP contribution >= 0.6 is 0 Å². The van der Waals surface area contributed by atoms with Crippen molar-refractivity contribution in [3.05, 3.63) is 53.1 Å². The summed E-state index contributed by atoms with van der Waals surface area (Å²) in [7, 11) is 0. The van der Waals surface area contributed by atoms with Crippen LogP contribution in [0.25, 0.3) is 0 Å². The molecule has 0 radical (unpaired) electrons.